The average molecular weight is 244 g/mol. The van der Waals surface area contributed by atoms with Crippen LogP contribution < -0.4 is 0 Å². The highest BCUT2D eigenvalue weighted by Crippen LogP contribution is 2.23. The average Bonchev–Trinajstić information content (AvgIpc) is 2.41. The van der Waals surface area contributed by atoms with Crippen molar-refractivity contribution >= 4 is 11.6 Å². The first kappa shape index (κ1) is 12.8. The fraction of sp³-hybridized carbons (Fsp3) is 0.467. The third-order valence-electron chi connectivity index (χ3n) is 3.31. The molecule has 1 aliphatic rings. The molecule has 0 N–H and O–H groups in total. The predicted octanol–water partition coefficient (Wildman–Crippen LogP) is 2.83. The maximum Gasteiger partial charge on any atom is 0.267 e. The first-order valence-electron chi connectivity index (χ1n) is 6.61. The monoisotopic (exact) mass is 244 g/mol. The van der Waals surface area contributed by atoms with Gasteiger partial charge in [0, 0.05) is 13.1 Å². The molecule has 1 aromatic carbocycles. The van der Waals surface area contributed by atoms with Crippen molar-refractivity contribution in [2.24, 2.45) is 4.99 Å². The lowest BCUT2D eigenvalue weighted by Gasteiger charge is -2.30. The summed E-state index contributed by atoms with van der Waals surface area (Å²) in [5, 5.41) is 0. The van der Waals surface area contributed by atoms with E-state index in [1.54, 1.807) is 0 Å². The van der Waals surface area contributed by atoms with E-state index in [0.29, 0.717) is 12.3 Å². The molecule has 1 amide bonds. The number of carbonyl (C=O) groups excluding carboxylic acids is 1. The number of rotatable bonds is 4. The number of unbranched alkanes of at least 4 members (excludes halogenated alkanes) is 1. The SMILES string of the molecule is CCCCN1C[C@H](c2ccccc2)N=C(C)C1=O. The van der Waals surface area contributed by atoms with Crippen molar-refractivity contribution in [3.63, 3.8) is 0 Å². The zero-order chi connectivity index (χ0) is 13.0. The summed E-state index contributed by atoms with van der Waals surface area (Å²) in [7, 11) is 0. The predicted molar refractivity (Wildman–Crippen MR) is 73.8 cm³/mol. The summed E-state index contributed by atoms with van der Waals surface area (Å²) in [4.78, 5) is 18.5. The number of carbonyl (C=O) groups is 1. The molecule has 0 fully saturated rings. The van der Waals surface area contributed by atoms with Gasteiger partial charge in [-0.25, -0.2) is 0 Å². The molecule has 18 heavy (non-hydrogen) atoms. The van der Waals surface area contributed by atoms with E-state index in [1.807, 2.05) is 30.0 Å². The summed E-state index contributed by atoms with van der Waals surface area (Å²) in [6.45, 7) is 5.51. The van der Waals surface area contributed by atoms with Crippen molar-refractivity contribution in [3.8, 4) is 0 Å². The molecule has 0 bridgehead atoms. The first-order chi connectivity index (χ1) is 8.72. The molecule has 1 aromatic rings. The van der Waals surface area contributed by atoms with E-state index < -0.39 is 0 Å². The van der Waals surface area contributed by atoms with Gasteiger partial charge in [0.25, 0.3) is 5.91 Å². The Hall–Kier alpha value is -1.64. The molecule has 3 nitrogen and oxygen atoms in total. The van der Waals surface area contributed by atoms with Crippen molar-refractivity contribution in [2.75, 3.05) is 13.1 Å². The van der Waals surface area contributed by atoms with Crippen LogP contribution in [0.4, 0.5) is 0 Å². The van der Waals surface area contributed by atoms with Crippen molar-refractivity contribution in [2.45, 2.75) is 32.7 Å². The molecular weight excluding hydrogens is 224 g/mol. The van der Waals surface area contributed by atoms with Crippen LogP contribution in [0.15, 0.2) is 35.3 Å². The second kappa shape index (κ2) is 5.80. The number of hydrogen-bond donors (Lipinski definition) is 0. The van der Waals surface area contributed by atoms with Crippen LogP contribution in [0, 0.1) is 0 Å². The second-order valence-electron chi connectivity index (χ2n) is 4.75. The van der Waals surface area contributed by atoms with Crippen LogP contribution in [-0.4, -0.2) is 29.6 Å². The maximum atomic E-state index is 12.0. The van der Waals surface area contributed by atoms with Crippen LogP contribution >= 0.6 is 0 Å². The molecule has 0 radical (unpaired) electrons. The Morgan fingerprint density at radius 2 is 2.06 bits per heavy atom. The Bertz CT molecular complexity index is 439. The minimum Gasteiger partial charge on any atom is -0.335 e. The van der Waals surface area contributed by atoms with E-state index in [-0.39, 0.29) is 11.9 Å². The summed E-state index contributed by atoms with van der Waals surface area (Å²) in [5.41, 5.74) is 1.82. The molecule has 1 heterocycles. The van der Waals surface area contributed by atoms with Gasteiger partial charge in [-0.15, -0.1) is 0 Å². The summed E-state index contributed by atoms with van der Waals surface area (Å²) in [6.07, 6.45) is 2.16. The molecule has 0 saturated heterocycles. The van der Waals surface area contributed by atoms with Gasteiger partial charge in [-0.2, -0.15) is 0 Å². The number of nitrogens with zero attached hydrogens (tertiary/aromatic N) is 2. The minimum absolute atomic E-state index is 0.0932. The first-order valence-corrected chi connectivity index (χ1v) is 6.61. The van der Waals surface area contributed by atoms with Gasteiger partial charge in [0.2, 0.25) is 0 Å². The highest BCUT2D eigenvalue weighted by molar-refractivity contribution is 6.38. The van der Waals surface area contributed by atoms with Gasteiger partial charge in [0.15, 0.2) is 0 Å². The third-order valence-corrected chi connectivity index (χ3v) is 3.31. The Morgan fingerprint density at radius 3 is 2.72 bits per heavy atom. The Balaban J connectivity index is 2.16. The normalized spacial score (nSPS) is 19.9. The van der Waals surface area contributed by atoms with Gasteiger partial charge in [-0.3, -0.25) is 9.79 Å². The van der Waals surface area contributed by atoms with E-state index in [2.05, 4.69) is 24.0 Å². The molecule has 0 unspecified atom stereocenters. The van der Waals surface area contributed by atoms with Crippen LogP contribution in [-0.2, 0) is 4.79 Å². The van der Waals surface area contributed by atoms with E-state index in [1.165, 1.54) is 5.56 Å². The largest absolute Gasteiger partial charge is 0.335 e. The summed E-state index contributed by atoms with van der Waals surface area (Å²) in [5.74, 6) is 0.0932. The summed E-state index contributed by atoms with van der Waals surface area (Å²) < 4.78 is 0. The smallest absolute Gasteiger partial charge is 0.267 e. The molecule has 3 heteroatoms. The zero-order valence-corrected chi connectivity index (χ0v) is 11.1. The van der Waals surface area contributed by atoms with E-state index >= 15 is 0 Å². The topological polar surface area (TPSA) is 32.7 Å². The highest BCUT2D eigenvalue weighted by atomic mass is 16.2. The second-order valence-corrected chi connectivity index (χ2v) is 4.75. The Labute approximate surface area is 109 Å². The van der Waals surface area contributed by atoms with Gasteiger partial charge in [-0.05, 0) is 18.9 Å². The lowest BCUT2D eigenvalue weighted by Crippen LogP contribution is -2.42. The fourth-order valence-electron chi connectivity index (χ4n) is 2.25. The lowest BCUT2D eigenvalue weighted by atomic mass is 10.0. The lowest BCUT2D eigenvalue weighted by molar-refractivity contribution is -0.125. The molecule has 2 rings (SSSR count). The van der Waals surface area contributed by atoms with Crippen LogP contribution in [0.1, 0.15) is 38.3 Å². The van der Waals surface area contributed by atoms with Crippen LogP contribution in [0.2, 0.25) is 0 Å². The van der Waals surface area contributed by atoms with E-state index in [4.69, 9.17) is 0 Å². The summed E-state index contributed by atoms with van der Waals surface area (Å²) in [6, 6.07) is 10.3. The zero-order valence-electron chi connectivity index (χ0n) is 11.1. The van der Waals surface area contributed by atoms with Gasteiger partial charge in [0.05, 0.1) is 11.8 Å². The molecular formula is C15H20N2O. The number of amides is 1. The van der Waals surface area contributed by atoms with Crippen molar-refractivity contribution in [1.82, 2.24) is 4.90 Å². The molecule has 0 spiro atoms. The molecule has 0 saturated carbocycles. The van der Waals surface area contributed by atoms with Crippen molar-refractivity contribution in [1.29, 1.82) is 0 Å². The van der Waals surface area contributed by atoms with Crippen LogP contribution in [0.5, 0.6) is 0 Å². The van der Waals surface area contributed by atoms with Crippen LogP contribution in [0.25, 0.3) is 0 Å². The van der Waals surface area contributed by atoms with Crippen LogP contribution in [0.3, 0.4) is 0 Å². The quantitative estimate of drug-likeness (QED) is 0.801. The van der Waals surface area contributed by atoms with Crippen molar-refractivity contribution < 1.29 is 4.79 Å². The van der Waals surface area contributed by atoms with E-state index in [9.17, 15) is 4.79 Å². The Kier molecular flexibility index (Phi) is 4.13. The molecule has 0 aromatic heterocycles. The van der Waals surface area contributed by atoms with Crippen molar-refractivity contribution in [3.05, 3.63) is 35.9 Å². The number of benzene rings is 1. The highest BCUT2D eigenvalue weighted by Gasteiger charge is 2.26. The Morgan fingerprint density at radius 1 is 1.33 bits per heavy atom. The van der Waals surface area contributed by atoms with Gasteiger partial charge in [0.1, 0.15) is 0 Å². The number of aliphatic imine (C=N–C) groups is 1. The van der Waals surface area contributed by atoms with Gasteiger partial charge < -0.3 is 4.90 Å². The van der Waals surface area contributed by atoms with E-state index in [0.717, 1.165) is 19.4 Å². The number of hydrogen-bond acceptors (Lipinski definition) is 2. The minimum atomic E-state index is 0.0932. The molecule has 1 aliphatic heterocycles. The molecule has 1 atom stereocenters. The van der Waals surface area contributed by atoms with Gasteiger partial charge in [-0.1, -0.05) is 43.7 Å². The third kappa shape index (κ3) is 2.78. The molecule has 96 valence electrons. The fourth-order valence-corrected chi connectivity index (χ4v) is 2.25. The summed E-state index contributed by atoms with van der Waals surface area (Å²) >= 11 is 0. The molecule has 0 aliphatic carbocycles. The van der Waals surface area contributed by atoms with Gasteiger partial charge >= 0.3 is 0 Å². The standard InChI is InChI=1S/C15H20N2O/c1-3-4-10-17-11-14(16-12(2)15(17)18)13-8-6-5-7-9-13/h5-9,14H,3-4,10-11H2,1-2H3/t14-/m1/s1. The maximum absolute atomic E-state index is 12.0.